The van der Waals surface area contributed by atoms with Crippen LogP contribution in [0.4, 0.5) is 0 Å². The van der Waals surface area contributed by atoms with Crippen LogP contribution in [-0.2, 0) is 4.79 Å². The van der Waals surface area contributed by atoms with Gasteiger partial charge in [0.05, 0.1) is 12.7 Å². The van der Waals surface area contributed by atoms with Crippen LogP contribution in [0.3, 0.4) is 0 Å². The van der Waals surface area contributed by atoms with Crippen molar-refractivity contribution in [1.29, 1.82) is 0 Å². The number of piperidine rings is 1. The predicted octanol–water partition coefficient (Wildman–Crippen LogP) is 2.68. The summed E-state index contributed by atoms with van der Waals surface area (Å²) in [4.78, 5) is 25.0. The highest BCUT2D eigenvalue weighted by Crippen LogP contribution is 2.27. The van der Waals surface area contributed by atoms with Gasteiger partial charge in [-0.25, -0.2) is 0 Å². The minimum Gasteiger partial charge on any atom is -0.496 e. The lowest BCUT2D eigenvalue weighted by molar-refractivity contribution is -0.138. The number of carboxylic acids is 1. The Hall–Kier alpha value is -1.75. The highest BCUT2D eigenvalue weighted by Gasteiger charge is 2.26. The molecule has 1 aliphatic rings. The molecule has 1 fully saturated rings. The van der Waals surface area contributed by atoms with E-state index in [4.69, 9.17) is 21.4 Å². The van der Waals surface area contributed by atoms with Gasteiger partial charge < -0.3 is 14.7 Å². The Kier molecular flexibility index (Phi) is 5.07. The second kappa shape index (κ2) is 6.80. The van der Waals surface area contributed by atoms with Gasteiger partial charge >= 0.3 is 5.97 Å². The van der Waals surface area contributed by atoms with E-state index in [0.717, 1.165) is 0 Å². The van der Waals surface area contributed by atoms with Crippen LogP contribution in [0.15, 0.2) is 18.2 Å². The van der Waals surface area contributed by atoms with Gasteiger partial charge in [-0.1, -0.05) is 11.6 Å². The topological polar surface area (TPSA) is 66.8 Å². The monoisotopic (exact) mass is 311 g/mol. The van der Waals surface area contributed by atoms with E-state index in [1.807, 2.05) is 0 Å². The van der Waals surface area contributed by atoms with Crippen LogP contribution in [0.5, 0.6) is 5.75 Å². The first-order valence-corrected chi connectivity index (χ1v) is 7.23. The van der Waals surface area contributed by atoms with Crippen molar-refractivity contribution >= 4 is 23.5 Å². The quantitative estimate of drug-likeness (QED) is 0.928. The van der Waals surface area contributed by atoms with E-state index in [1.54, 1.807) is 23.1 Å². The molecule has 114 valence electrons. The van der Waals surface area contributed by atoms with Gasteiger partial charge in [-0.05, 0) is 37.0 Å². The number of methoxy groups -OCH3 is 1. The van der Waals surface area contributed by atoms with E-state index in [2.05, 4.69) is 0 Å². The number of carboxylic acid groups (broad SMARTS) is 1. The van der Waals surface area contributed by atoms with E-state index in [-0.39, 0.29) is 18.2 Å². The molecule has 1 heterocycles. The lowest BCUT2D eigenvalue weighted by atomic mass is 9.93. The number of likely N-dealkylation sites (tertiary alicyclic amines) is 1. The van der Waals surface area contributed by atoms with Crippen molar-refractivity contribution in [1.82, 2.24) is 4.90 Å². The minimum absolute atomic E-state index is 0.122. The first kappa shape index (κ1) is 15.6. The van der Waals surface area contributed by atoms with Gasteiger partial charge in [0, 0.05) is 24.5 Å². The largest absolute Gasteiger partial charge is 0.496 e. The molecule has 0 bridgehead atoms. The number of carbonyl (C=O) groups is 2. The average molecular weight is 312 g/mol. The first-order valence-electron chi connectivity index (χ1n) is 6.86. The first-order chi connectivity index (χ1) is 10.0. The van der Waals surface area contributed by atoms with Gasteiger partial charge in [0.15, 0.2) is 0 Å². The number of benzene rings is 1. The second-order valence-corrected chi connectivity index (χ2v) is 5.61. The van der Waals surface area contributed by atoms with E-state index in [1.165, 1.54) is 7.11 Å². The summed E-state index contributed by atoms with van der Waals surface area (Å²) in [6, 6.07) is 4.95. The Morgan fingerprint density at radius 1 is 1.38 bits per heavy atom. The molecule has 1 aliphatic heterocycles. The summed E-state index contributed by atoms with van der Waals surface area (Å²) < 4.78 is 5.20. The molecule has 21 heavy (non-hydrogen) atoms. The molecule has 0 atom stereocenters. The second-order valence-electron chi connectivity index (χ2n) is 5.18. The van der Waals surface area contributed by atoms with Gasteiger partial charge in [-0.2, -0.15) is 0 Å². The Labute approximate surface area is 128 Å². The molecule has 0 aromatic heterocycles. The molecule has 0 radical (unpaired) electrons. The number of amides is 1. The number of aliphatic carboxylic acids is 1. The number of nitrogens with zero attached hydrogens (tertiary/aromatic N) is 1. The zero-order chi connectivity index (χ0) is 15.4. The van der Waals surface area contributed by atoms with Gasteiger partial charge in [0.2, 0.25) is 0 Å². The summed E-state index contributed by atoms with van der Waals surface area (Å²) in [7, 11) is 1.51. The summed E-state index contributed by atoms with van der Waals surface area (Å²) in [6.45, 7) is 1.12. The zero-order valence-corrected chi connectivity index (χ0v) is 12.6. The number of hydrogen-bond acceptors (Lipinski definition) is 3. The highest BCUT2D eigenvalue weighted by molar-refractivity contribution is 6.31. The van der Waals surface area contributed by atoms with Gasteiger partial charge in [0.25, 0.3) is 5.91 Å². The van der Waals surface area contributed by atoms with Gasteiger partial charge in [-0.3, -0.25) is 9.59 Å². The molecular formula is C15H18ClNO4. The predicted molar refractivity (Wildman–Crippen MR) is 78.9 cm³/mol. The summed E-state index contributed by atoms with van der Waals surface area (Å²) in [5.41, 5.74) is 0.446. The highest BCUT2D eigenvalue weighted by atomic mass is 35.5. The van der Waals surface area contributed by atoms with E-state index in [9.17, 15) is 9.59 Å². The molecular weight excluding hydrogens is 294 g/mol. The third-order valence-corrected chi connectivity index (χ3v) is 3.99. The van der Waals surface area contributed by atoms with Crippen LogP contribution in [0, 0.1) is 5.92 Å². The Balaban J connectivity index is 2.05. The SMILES string of the molecule is COc1ccc(Cl)cc1C(=O)N1CCC(CC(=O)O)CC1. The fourth-order valence-corrected chi connectivity index (χ4v) is 2.78. The van der Waals surface area contributed by atoms with E-state index in [0.29, 0.717) is 42.3 Å². The van der Waals surface area contributed by atoms with Crippen molar-refractivity contribution in [2.24, 2.45) is 5.92 Å². The Morgan fingerprint density at radius 2 is 2.05 bits per heavy atom. The average Bonchev–Trinajstić information content (AvgIpc) is 2.46. The number of hydrogen-bond donors (Lipinski definition) is 1. The molecule has 1 saturated heterocycles. The molecule has 5 nitrogen and oxygen atoms in total. The molecule has 0 saturated carbocycles. The normalized spacial score (nSPS) is 15.8. The van der Waals surface area contributed by atoms with Crippen LogP contribution in [-0.4, -0.2) is 42.1 Å². The standard InChI is InChI=1S/C15H18ClNO4/c1-21-13-3-2-11(16)9-12(13)15(20)17-6-4-10(5-7-17)8-14(18)19/h2-3,9-10H,4-8H2,1H3,(H,18,19). The molecule has 0 unspecified atom stereocenters. The van der Waals surface area contributed by atoms with Crippen molar-refractivity contribution in [3.8, 4) is 5.75 Å². The summed E-state index contributed by atoms with van der Waals surface area (Å²) >= 11 is 5.95. The van der Waals surface area contributed by atoms with E-state index < -0.39 is 5.97 Å². The Morgan fingerprint density at radius 3 is 2.62 bits per heavy atom. The number of ether oxygens (including phenoxy) is 1. The van der Waals surface area contributed by atoms with Crippen LogP contribution in [0.1, 0.15) is 29.6 Å². The molecule has 0 aliphatic carbocycles. The molecule has 1 aromatic rings. The van der Waals surface area contributed by atoms with Crippen LogP contribution in [0.25, 0.3) is 0 Å². The lowest BCUT2D eigenvalue weighted by Gasteiger charge is -2.31. The van der Waals surface area contributed by atoms with Crippen molar-refractivity contribution < 1.29 is 19.4 Å². The van der Waals surface area contributed by atoms with Crippen molar-refractivity contribution in [2.75, 3.05) is 20.2 Å². The molecule has 1 amide bonds. The molecule has 2 rings (SSSR count). The maximum absolute atomic E-state index is 12.5. The molecule has 0 spiro atoms. The van der Waals surface area contributed by atoms with Crippen molar-refractivity contribution in [3.63, 3.8) is 0 Å². The third-order valence-electron chi connectivity index (χ3n) is 3.76. The van der Waals surface area contributed by atoms with Crippen molar-refractivity contribution in [3.05, 3.63) is 28.8 Å². The summed E-state index contributed by atoms with van der Waals surface area (Å²) in [6.07, 6.45) is 1.59. The smallest absolute Gasteiger partial charge is 0.303 e. The Bertz CT molecular complexity index is 538. The third kappa shape index (κ3) is 3.88. The lowest BCUT2D eigenvalue weighted by Crippen LogP contribution is -2.39. The van der Waals surface area contributed by atoms with Gasteiger partial charge in [-0.15, -0.1) is 0 Å². The van der Waals surface area contributed by atoms with Gasteiger partial charge in [0.1, 0.15) is 5.75 Å². The molecule has 1 N–H and O–H groups in total. The minimum atomic E-state index is -0.781. The summed E-state index contributed by atoms with van der Waals surface area (Å²) in [5.74, 6) is -0.260. The number of rotatable bonds is 4. The number of halogens is 1. The maximum atomic E-state index is 12.5. The van der Waals surface area contributed by atoms with E-state index >= 15 is 0 Å². The molecule has 1 aromatic carbocycles. The van der Waals surface area contributed by atoms with Crippen LogP contribution in [0.2, 0.25) is 5.02 Å². The van der Waals surface area contributed by atoms with Crippen molar-refractivity contribution in [2.45, 2.75) is 19.3 Å². The molecule has 6 heteroatoms. The fraction of sp³-hybridized carbons (Fsp3) is 0.467. The maximum Gasteiger partial charge on any atom is 0.303 e. The number of carbonyl (C=O) groups excluding carboxylic acids is 1. The fourth-order valence-electron chi connectivity index (χ4n) is 2.60. The van der Waals surface area contributed by atoms with Crippen LogP contribution >= 0.6 is 11.6 Å². The van der Waals surface area contributed by atoms with Crippen LogP contribution < -0.4 is 4.74 Å². The zero-order valence-electron chi connectivity index (χ0n) is 11.8. The summed E-state index contributed by atoms with van der Waals surface area (Å²) in [5, 5.41) is 9.29.